The maximum atomic E-state index is 12.5. The number of hydrogen-bond donors (Lipinski definition) is 3. The molecule has 3 N–H and O–H groups in total. The van der Waals surface area contributed by atoms with Crippen LogP contribution >= 0.6 is 0 Å². The van der Waals surface area contributed by atoms with E-state index in [2.05, 4.69) is 30.6 Å². The van der Waals surface area contributed by atoms with Gasteiger partial charge in [0.15, 0.2) is 0 Å². The predicted molar refractivity (Wildman–Crippen MR) is 127 cm³/mol. The molecule has 3 heterocycles. The molecule has 0 radical (unpaired) electrons. The number of nitrogens with one attached hydrogen (secondary N) is 3. The maximum absolute atomic E-state index is 12.5. The summed E-state index contributed by atoms with van der Waals surface area (Å²) in [6, 6.07) is 12.7. The molecule has 1 aliphatic rings. The summed E-state index contributed by atoms with van der Waals surface area (Å²) in [7, 11) is 0. The Morgan fingerprint density at radius 1 is 0.970 bits per heavy atom. The molecule has 1 aromatic carbocycles. The molecule has 166 valence electrons. The molecule has 4 aromatic rings. The van der Waals surface area contributed by atoms with E-state index >= 15 is 0 Å². The number of fused-ring (bicyclic) bond motifs is 1. The highest BCUT2D eigenvalue weighted by molar-refractivity contribution is 6.04. The Bertz CT molecular complexity index is 1280. The number of anilines is 2. The van der Waals surface area contributed by atoms with Crippen LogP contribution < -0.4 is 10.6 Å². The number of rotatable bonds is 5. The first kappa shape index (κ1) is 20.8. The molecule has 8 heteroatoms. The van der Waals surface area contributed by atoms with E-state index in [9.17, 15) is 9.59 Å². The van der Waals surface area contributed by atoms with E-state index in [0.717, 1.165) is 42.5 Å². The van der Waals surface area contributed by atoms with Crippen LogP contribution in [0.15, 0.2) is 61.1 Å². The number of aromatic amines is 1. The van der Waals surface area contributed by atoms with Crippen molar-refractivity contribution in [3.63, 3.8) is 0 Å². The molecule has 0 saturated heterocycles. The highest BCUT2D eigenvalue weighted by Crippen LogP contribution is 2.26. The van der Waals surface area contributed by atoms with E-state index in [1.165, 1.54) is 12.6 Å². The first-order valence-electron chi connectivity index (χ1n) is 11.1. The monoisotopic (exact) mass is 440 g/mol. The third kappa shape index (κ3) is 4.74. The van der Waals surface area contributed by atoms with Crippen molar-refractivity contribution in [1.29, 1.82) is 0 Å². The fraction of sp³-hybridized carbons (Fsp3) is 0.240. The van der Waals surface area contributed by atoms with Gasteiger partial charge in [-0.2, -0.15) is 0 Å². The minimum atomic E-state index is -0.281. The molecule has 0 spiro atoms. The van der Waals surface area contributed by atoms with Crippen LogP contribution in [0.3, 0.4) is 0 Å². The van der Waals surface area contributed by atoms with Gasteiger partial charge in [-0.3, -0.25) is 14.6 Å². The van der Waals surface area contributed by atoms with Crippen LogP contribution in [-0.2, 0) is 4.79 Å². The zero-order valence-corrected chi connectivity index (χ0v) is 18.0. The van der Waals surface area contributed by atoms with Gasteiger partial charge in [-0.25, -0.2) is 9.97 Å². The van der Waals surface area contributed by atoms with Gasteiger partial charge in [-0.15, -0.1) is 0 Å². The Morgan fingerprint density at radius 3 is 2.55 bits per heavy atom. The van der Waals surface area contributed by atoms with Crippen molar-refractivity contribution in [2.75, 3.05) is 10.6 Å². The summed E-state index contributed by atoms with van der Waals surface area (Å²) in [5, 5.41) is 5.80. The molecule has 0 aliphatic heterocycles. The second-order valence-corrected chi connectivity index (χ2v) is 8.27. The fourth-order valence-corrected chi connectivity index (χ4v) is 4.12. The van der Waals surface area contributed by atoms with Crippen molar-refractivity contribution in [1.82, 2.24) is 19.9 Å². The average molecular weight is 441 g/mol. The summed E-state index contributed by atoms with van der Waals surface area (Å²) in [5.41, 5.74) is 3.59. The number of pyridine rings is 2. The van der Waals surface area contributed by atoms with Gasteiger partial charge < -0.3 is 15.6 Å². The van der Waals surface area contributed by atoms with E-state index < -0.39 is 0 Å². The van der Waals surface area contributed by atoms with Crippen molar-refractivity contribution in [3.05, 3.63) is 66.6 Å². The molecule has 0 bridgehead atoms. The van der Waals surface area contributed by atoms with Crippen LogP contribution in [0, 0.1) is 5.92 Å². The normalized spacial score (nSPS) is 14.2. The zero-order valence-electron chi connectivity index (χ0n) is 18.0. The van der Waals surface area contributed by atoms with Gasteiger partial charge in [0.1, 0.15) is 11.6 Å². The van der Waals surface area contributed by atoms with Crippen LogP contribution in [0.4, 0.5) is 11.5 Å². The lowest BCUT2D eigenvalue weighted by atomic mass is 9.88. The summed E-state index contributed by atoms with van der Waals surface area (Å²) in [4.78, 5) is 41.0. The summed E-state index contributed by atoms with van der Waals surface area (Å²) in [6.07, 6.45) is 10.2. The minimum absolute atomic E-state index is 0.109. The van der Waals surface area contributed by atoms with Gasteiger partial charge >= 0.3 is 0 Å². The lowest BCUT2D eigenvalue weighted by Gasteiger charge is -2.20. The Kier molecular flexibility index (Phi) is 5.80. The fourth-order valence-electron chi connectivity index (χ4n) is 4.12. The number of hydrogen-bond acceptors (Lipinski definition) is 5. The quantitative estimate of drug-likeness (QED) is 0.413. The number of aromatic nitrogens is 4. The van der Waals surface area contributed by atoms with Gasteiger partial charge in [-0.05, 0) is 49.2 Å². The van der Waals surface area contributed by atoms with Gasteiger partial charge in [0.05, 0.1) is 22.8 Å². The van der Waals surface area contributed by atoms with Crippen molar-refractivity contribution < 1.29 is 9.59 Å². The molecular formula is C25H24N6O2. The summed E-state index contributed by atoms with van der Waals surface area (Å²) in [6.45, 7) is 0. The molecule has 3 aromatic heterocycles. The van der Waals surface area contributed by atoms with Crippen LogP contribution in [0.5, 0.6) is 0 Å². The van der Waals surface area contributed by atoms with E-state index in [0.29, 0.717) is 22.7 Å². The van der Waals surface area contributed by atoms with Crippen molar-refractivity contribution in [2.24, 2.45) is 5.92 Å². The predicted octanol–water partition coefficient (Wildman–Crippen LogP) is 4.79. The number of amides is 2. The lowest BCUT2D eigenvalue weighted by molar-refractivity contribution is -0.120. The van der Waals surface area contributed by atoms with Crippen LogP contribution in [0.1, 0.15) is 42.5 Å². The molecule has 1 fully saturated rings. The highest BCUT2D eigenvalue weighted by Gasteiger charge is 2.21. The van der Waals surface area contributed by atoms with E-state index in [4.69, 9.17) is 0 Å². The molecule has 33 heavy (non-hydrogen) atoms. The second-order valence-electron chi connectivity index (χ2n) is 8.27. The summed E-state index contributed by atoms with van der Waals surface area (Å²) >= 11 is 0. The number of carbonyl (C=O) groups is 2. The van der Waals surface area contributed by atoms with Gasteiger partial charge in [0.2, 0.25) is 5.91 Å². The summed E-state index contributed by atoms with van der Waals surface area (Å²) in [5.74, 6) is 1.05. The Labute approximate surface area is 190 Å². The molecule has 1 aliphatic carbocycles. The Hall–Kier alpha value is -4.07. The Morgan fingerprint density at radius 2 is 1.79 bits per heavy atom. The zero-order chi connectivity index (χ0) is 22.6. The number of imidazole rings is 1. The topological polar surface area (TPSA) is 113 Å². The van der Waals surface area contributed by atoms with Gasteiger partial charge in [-0.1, -0.05) is 19.3 Å². The number of carbonyl (C=O) groups excluding carboxylic acids is 2. The molecule has 2 amide bonds. The molecule has 8 nitrogen and oxygen atoms in total. The first-order valence-corrected chi connectivity index (χ1v) is 11.1. The van der Waals surface area contributed by atoms with Crippen molar-refractivity contribution in [3.8, 4) is 11.4 Å². The second kappa shape index (κ2) is 9.20. The standard InChI is InChI=1S/C25H24N6O2/c32-24(17-5-2-1-3-6-17)28-19-10-8-16(9-11-19)23-29-20-13-22(27-15-21(20)30-23)31-25(33)18-7-4-12-26-14-18/h4,7-15,17H,1-3,5-6H2,(H,28,32)(H,29,30)(H,27,31,33). The molecule has 1 saturated carbocycles. The highest BCUT2D eigenvalue weighted by atomic mass is 16.2. The molecule has 0 unspecified atom stereocenters. The van der Waals surface area contributed by atoms with Crippen LogP contribution in [0.2, 0.25) is 0 Å². The largest absolute Gasteiger partial charge is 0.337 e. The molecule has 0 atom stereocenters. The smallest absolute Gasteiger partial charge is 0.258 e. The van der Waals surface area contributed by atoms with Gasteiger partial charge in [0.25, 0.3) is 5.91 Å². The number of nitrogens with zero attached hydrogens (tertiary/aromatic N) is 3. The first-order chi connectivity index (χ1) is 16.2. The maximum Gasteiger partial charge on any atom is 0.258 e. The number of benzene rings is 1. The summed E-state index contributed by atoms with van der Waals surface area (Å²) < 4.78 is 0. The third-order valence-electron chi connectivity index (χ3n) is 5.93. The average Bonchev–Trinajstić information content (AvgIpc) is 3.29. The molecular weight excluding hydrogens is 416 g/mol. The lowest BCUT2D eigenvalue weighted by Crippen LogP contribution is -2.24. The third-order valence-corrected chi connectivity index (χ3v) is 5.93. The minimum Gasteiger partial charge on any atom is -0.337 e. The van der Waals surface area contributed by atoms with Crippen molar-refractivity contribution in [2.45, 2.75) is 32.1 Å². The SMILES string of the molecule is O=C(Nc1cc2nc(-c3ccc(NC(=O)C4CCCCC4)cc3)[nH]c2cn1)c1cccnc1. The van der Waals surface area contributed by atoms with Gasteiger partial charge in [0, 0.05) is 35.6 Å². The van der Waals surface area contributed by atoms with Crippen LogP contribution in [0.25, 0.3) is 22.4 Å². The van der Waals surface area contributed by atoms with E-state index in [-0.39, 0.29) is 17.7 Å². The van der Waals surface area contributed by atoms with Crippen molar-refractivity contribution >= 4 is 34.4 Å². The van der Waals surface area contributed by atoms with E-state index in [1.54, 1.807) is 30.6 Å². The van der Waals surface area contributed by atoms with E-state index in [1.807, 2.05) is 24.3 Å². The molecule has 5 rings (SSSR count). The van der Waals surface area contributed by atoms with Crippen LogP contribution in [-0.4, -0.2) is 31.8 Å². The number of H-pyrrole nitrogens is 1. The Balaban J connectivity index is 1.28.